The Kier molecular flexibility index (Phi) is 4.50. The molecule has 0 bridgehead atoms. The number of nitrogens with one attached hydrogen (secondary N) is 1. The summed E-state index contributed by atoms with van der Waals surface area (Å²) in [6, 6.07) is 6.99. The van der Waals surface area contributed by atoms with E-state index in [1.54, 1.807) is 6.07 Å². The lowest BCUT2D eigenvalue weighted by Gasteiger charge is -2.16. The standard InChI is InChI=1S/C17H18FN3O2/c18-14-7-5-12(6-8-14)17(23)19-9-10-21-16(22)11-13-3-1-2-4-15(13)20-21/h5-8,11H,1-4,9-10H2,(H,19,23). The van der Waals surface area contributed by atoms with Crippen molar-refractivity contribution in [1.82, 2.24) is 15.1 Å². The number of amides is 1. The van der Waals surface area contributed by atoms with Gasteiger partial charge in [0.25, 0.3) is 11.5 Å². The van der Waals surface area contributed by atoms with Gasteiger partial charge in [-0.2, -0.15) is 5.10 Å². The summed E-state index contributed by atoms with van der Waals surface area (Å²) >= 11 is 0. The molecule has 0 atom stereocenters. The summed E-state index contributed by atoms with van der Waals surface area (Å²) < 4.78 is 14.2. The summed E-state index contributed by atoms with van der Waals surface area (Å²) in [6.07, 6.45) is 4.02. The number of carbonyl (C=O) groups excluding carboxylic acids is 1. The first-order valence-corrected chi connectivity index (χ1v) is 7.77. The van der Waals surface area contributed by atoms with Crippen molar-refractivity contribution in [3.63, 3.8) is 0 Å². The lowest BCUT2D eigenvalue weighted by Crippen LogP contribution is -2.33. The topological polar surface area (TPSA) is 64.0 Å². The molecule has 1 N–H and O–H groups in total. The quantitative estimate of drug-likeness (QED) is 0.934. The van der Waals surface area contributed by atoms with Gasteiger partial charge in [0.1, 0.15) is 5.82 Å². The molecular weight excluding hydrogens is 297 g/mol. The van der Waals surface area contributed by atoms with E-state index in [0.29, 0.717) is 18.7 Å². The number of hydrogen-bond acceptors (Lipinski definition) is 3. The normalized spacial score (nSPS) is 13.4. The predicted octanol–water partition coefficient (Wildman–Crippen LogP) is 1.69. The third-order valence-corrected chi connectivity index (χ3v) is 3.99. The second-order valence-corrected chi connectivity index (χ2v) is 5.65. The van der Waals surface area contributed by atoms with Crippen molar-refractivity contribution in [2.75, 3.05) is 6.54 Å². The maximum atomic E-state index is 12.8. The van der Waals surface area contributed by atoms with E-state index in [1.165, 1.54) is 28.9 Å². The second-order valence-electron chi connectivity index (χ2n) is 5.65. The van der Waals surface area contributed by atoms with E-state index in [0.717, 1.165) is 36.9 Å². The Bertz CT molecular complexity index is 768. The maximum Gasteiger partial charge on any atom is 0.267 e. The van der Waals surface area contributed by atoms with Gasteiger partial charge >= 0.3 is 0 Å². The summed E-state index contributed by atoms with van der Waals surface area (Å²) in [5.41, 5.74) is 2.28. The van der Waals surface area contributed by atoms with Crippen molar-refractivity contribution in [3.05, 3.63) is 63.3 Å². The van der Waals surface area contributed by atoms with Gasteiger partial charge in [0, 0.05) is 18.2 Å². The average Bonchev–Trinajstić information content (AvgIpc) is 2.56. The van der Waals surface area contributed by atoms with Crippen molar-refractivity contribution in [1.29, 1.82) is 0 Å². The van der Waals surface area contributed by atoms with Gasteiger partial charge in [-0.3, -0.25) is 9.59 Å². The molecule has 6 heteroatoms. The largest absolute Gasteiger partial charge is 0.350 e. The van der Waals surface area contributed by atoms with E-state index in [4.69, 9.17) is 0 Å². The Balaban J connectivity index is 1.61. The van der Waals surface area contributed by atoms with E-state index >= 15 is 0 Å². The molecule has 5 nitrogen and oxygen atoms in total. The SMILES string of the molecule is O=C(NCCn1nc2c(cc1=O)CCCC2)c1ccc(F)cc1. The molecule has 0 radical (unpaired) electrons. The number of aromatic nitrogens is 2. The Morgan fingerprint density at radius 1 is 1.22 bits per heavy atom. The highest BCUT2D eigenvalue weighted by Crippen LogP contribution is 2.16. The van der Waals surface area contributed by atoms with E-state index in [2.05, 4.69) is 10.4 Å². The van der Waals surface area contributed by atoms with Crippen LogP contribution in [0.1, 0.15) is 34.5 Å². The van der Waals surface area contributed by atoms with Gasteiger partial charge in [-0.1, -0.05) is 0 Å². The first-order valence-electron chi connectivity index (χ1n) is 7.77. The smallest absolute Gasteiger partial charge is 0.267 e. The number of rotatable bonds is 4. The summed E-state index contributed by atoms with van der Waals surface area (Å²) in [5.74, 6) is -0.678. The maximum absolute atomic E-state index is 12.8. The molecule has 2 aromatic rings. The lowest BCUT2D eigenvalue weighted by atomic mass is 9.97. The number of aryl methyl sites for hydroxylation is 2. The van der Waals surface area contributed by atoms with Gasteiger partial charge in [0.05, 0.1) is 12.2 Å². The minimum absolute atomic E-state index is 0.137. The van der Waals surface area contributed by atoms with E-state index in [1.807, 2.05) is 0 Å². The molecule has 120 valence electrons. The predicted molar refractivity (Wildman–Crippen MR) is 83.9 cm³/mol. The first kappa shape index (κ1) is 15.4. The summed E-state index contributed by atoms with van der Waals surface area (Å²) in [7, 11) is 0. The number of carbonyl (C=O) groups is 1. The molecule has 0 aliphatic heterocycles. The molecular formula is C17H18FN3O2. The molecule has 1 aliphatic rings. The fourth-order valence-corrected chi connectivity index (χ4v) is 2.74. The van der Waals surface area contributed by atoms with Crippen LogP contribution in [0, 0.1) is 5.82 Å². The minimum Gasteiger partial charge on any atom is -0.350 e. The Morgan fingerprint density at radius 3 is 2.74 bits per heavy atom. The third-order valence-electron chi connectivity index (χ3n) is 3.99. The van der Waals surface area contributed by atoms with E-state index < -0.39 is 0 Å². The van der Waals surface area contributed by atoms with Crippen molar-refractivity contribution >= 4 is 5.91 Å². The van der Waals surface area contributed by atoms with Crippen molar-refractivity contribution in [2.45, 2.75) is 32.2 Å². The molecule has 1 aliphatic carbocycles. The lowest BCUT2D eigenvalue weighted by molar-refractivity contribution is 0.0951. The van der Waals surface area contributed by atoms with Crippen molar-refractivity contribution in [2.24, 2.45) is 0 Å². The van der Waals surface area contributed by atoms with Gasteiger partial charge < -0.3 is 5.32 Å². The molecule has 3 rings (SSSR count). The average molecular weight is 315 g/mol. The highest BCUT2D eigenvalue weighted by atomic mass is 19.1. The Labute approximate surface area is 133 Å². The molecule has 0 spiro atoms. The van der Waals surface area contributed by atoms with Crippen LogP contribution >= 0.6 is 0 Å². The van der Waals surface area contributed by atoms with Gasteiger partial charge in [0.2, 0.25) is 0 Å². The molecule has 0 saturated heterocycles. The number of benzene rings is 1. The molecule has 1 heterocycles. The highest BCUT2D eigenvalue weighted by Gasteiger charge is 2.13. The zero-order valence-corrected chi connectivity index (χ0v) is 12.7. The second kappa shape index (κ2) is 6.73. The van der Waals surface area contributed by atoms with Crippen LogP contribution in [-0.4, -0.2) is 22.2 Å². The van der Waals surface area contributed by atoms with Crippen LogP contribution in [-0.2, 0) is 19.4 Å². The van der Waals surface area contributed by atoms with Crippen LogP contribution < -0.4 is 10.9 Å². The van der Waals surface area contributed by atoms with Crippen molar-refractivity contribution in [3.8, 4) is 0 Å². The minimum atomic E-state index is -0.383. The number of hydrogen-bond donors (Lipinski definition) is 1. The van der Waals surface area contributed by atoms with Crippen LogP contribution in [0.4, 0.5) is 4.39 Å². The molecule has 1 aromatic carbocycles. The summed E-state index contributed by atoms with van der Waals surface area (Å²) in [6.45, 7) is 0.612. The molecule has 23 heavy (non-hydrogen) atoms. The van der Waals surface area contributed by atoms with Gasteiger partial charge in [-0.05, 0) is 55.5 Å². The van der Waals surface area contributed by atoms with Crippen LogP contribution in [0.15, 0.2) is 35.1 Å². The summed E-state index contributed by atoms with van der Waals surface area (Å²) in [4.78, 5) is 23.9. The molecule has 0 saturated carbocycles. The highest BCUT2D eigenvalue weighted by molar-refractivity contribution is 5.94. The fraction of sp³-hybridized carbons (Fsp3) is 0.353. The third kappa shape index (κ3) is 3.64. The zero-order chi connectivity index (χ0) is 16.2. The van der Waals surface area contributed by atoms with Gasteiger partial charge in [-0.15, -0.1) is 0 Å². The van der Waals surface area contributed by atoms with Gasteiger partial charge in [-0.25, -0.2) is 9.07 Å². The molecule has 1 amide bonds. The van der Waals surface area contributed by atoms with Crippen LogP contribution in [0.5, 0.6) is 0 Å². The van der Waals surface area contributed by atoms with Crippen LogP contribution in [0.25, 0.3) is 0 Å². The zero-order valence-electron chi connectivity index (χ0n) is 12.7. The van der Waals surface area contributed by atoms with Crippen LogP contribution in [0.2, 0.25) is 0 Å². The number of fused-ring (bicyclic) bond motifs is 1. The molecule has 0 unspecified atom stereocenters. The number of nitrogens with zero attached hydrogens (tertiary/aromatic N) is 2. The van der Waals surface area contributed by atoms with Crippen LogP contribution in [0.3, 0.4) is 0 Å². The van der Waals surface area contributed by atoms with E-state index in [-0.39, 0.29) is 17.3 Å². The number of halogens is 1. The fourth-order valence-electron chi connectivity index (χ4n) is 2.74. The van der Waals surface area contributed by atoms with Gasteiger partial charge in [0.15, 0.2) is 0 Å². The van der Waals surface area contributed by atoms with Crippen molar-refractivity contribution < 1.29 is 9.18 Å². The Morgan fingerprint density at radius 2 is 1.96 bits per heavy atom. The molecule has 0 fully saturated rings. The summed E-state index contributed by atoms with van der Waals surface area (Å²) in [5, 5.41) is 7.11. The van der Waals surface area contributed by atoms with E-state index in [9.17, 15) is 14.0 Å². The monoisotopic (exact) mass is 315 g/mol. The first-order chi connectivity index (χ1) is 11.1. The molecule has 1 aromatic heterocycles. The Hall–Kier alpha value is -2.50.